The molecule has 5 nitrogen and oxygen atoms in total. The predicted molar refractivity (Wildman–Crippen MR) is 82.8 cm³/mol. The number of ether oxygens (including phenoxy) is 1. The van der Waals surface area contributed by atoms with Crippen molar-refractivity contribution in [2.45, 2.75) is 6.54 Å². The molecule has 0 saturated heterocycles. The van der Waals surface area contributed by atoms with Crippen LogP contribution >= 0.6 is 22.9 Å². The number of anilines is 1. The van der Waals surface area contributed by atoms with Gasteiger partial charge in [-0.3, -0.25) is 9.59 Å². The number of hydrogen-bond acceptors (Lipinski definition) is 4. The molecule has 2 aromatic rings. The monoisotopic (exact) mass is 324 g/mol. The summed E-state index contributed by atoms with van der Waals surface area (Å²) in [6.45, 7) is 0.319. The number of methoxy groups -OCH3 is 1. The molecule has 0 atom stereocenters. The molecule has 0 bridgehead atoms. The van der Waals surface area contributed by atoms with Gasteiger partial charge in [0.15, 0.2) is 0 Å². The number of hydrogen-bond donors (Lipinski definition) is 2. The third-order valence-electron chi connectivity index (χ3n) is 2.65. The minimum absolute atomic E-state index is 0.319. The maximum atomic E-state index is 11.7. The molecular weight excluding hydrogens is 312 g/mol. The Morgan fingerprint density at radius 2 is 2.10 bits per heavy atom. The van der Waals surface area contributed by atoms with Gasteiger partial charge in [0.05, 0.1) is 12.1 Å². The van der Waals surface area contributed by atoms with Crippen LogP contribution in [0.2, 0.25) is 5.02 Å². The fourth-order valence-corrected chi connectivity index (χ4v) is 2.51. The number of benzene rings is 1. The summed E-state index contributed by atoms with van der Waals surface area (Å²) >= 11 is 7.47. The molecule has 0 aliphatic rings. The quantitative estimate of drug-likeness (QED) is 0.850. The highest BCUT2D eigenvalue weighted by Crippen LogP contribution is 2.27. The normalized spacial score (nSPS) is 10.0. The summed E-state index contributed by atoms with van der Waals surface area (Å²) < 4.78 is 5.01. The molecule has 1 aromatic carbocycles. The Morgan fingerprint density at radius 3 is 2.71 bits per heavy atom. The van der Waals surface area contributed by atoms with Gasteiger partial charge < -0.3 is 15.4 Å². The Hall–Kier alpha value is -2.05. The topological polar surface area (TPSA) is 67.4 Å². The van der Waals surface area contributed by atoms with Gasteiger partial charge in [-0.25, -0.2) is 0 Å². The molecule has 0 aliphatic heterocycles. The fourth-order valence-electron chi connectivity index (χ4n) is 1.59. The van der Waals surface area contributed by atoms with Crippen molar-refractivity contribution in [2.24, 2.45) is 0 Å². The lowest BCUT2D eigenvalue weighted by Crippen LogP contribution is -2.34. The van der Waals surface area contributed by atoms with Crippen molar-refractivity contribution >= 4 is 40.4 Å². The van der Waals surface area contributed by atoms with Crippen LogP contribution in [0.25, 0.3) is 0 Å². The average Bonchev–Trinajstić information content (AvgIpc) is 2.98. The van der Waals surface area contributed by atoms with E-state index in [-0.39, 0.29) is 0 Å². The Morgan fingerprint density at radius 1 is 1.29 bits per heavy atom. The minimum atomic E-state index is -0.744. The first-order valence-corrected chi connectivity index (χ1v) is 7.36. The standard InChI is InChI=1S/C14H13ClN2O3S/c1-20-12-3-2-10(6-11(12)15)17-14(19)13(18)16-7-9-4-5-21-8-9/h2-6,8H,7H2,1H3,(H,16,18)(H,17,19). The van der Waals surface area contributed by atoms with E-state index in [0.29, 0.717) is 23.0 Å². The maximum absolute atomic E-state index is 11.7. The lowest BCUT2D eigenvalue weighted by atomic mass is 10.3. The third kappa shape index (κ3) is 4.21. The van der Waals surface area contributed by atoms with Crippen LogP contribution in [0.5, 0.6) is 5.75 Å². The largest absolute Gasteiger partial charge is 0.495 e. The lowest BCUT2D eigenvalue weighted by Gasteiger charge is -2.08. The van der Waals surface area contributed by atoms with Crippen molar-refractivity contribution < 1.29 is 14.3 Å². The van der Waals surface area contributed by atoms with Crippen LogP contribution in [-0.4, -0.2) is 18.9 Å². The first kappa shape index (κ1) is 15.3. The molecule has 0 radical (unpaired) electrons. The molecular formula is C14H13ClN2O3S. The van der Waals surface area contributed by atoms with E-state index < -0.39 is 11.8 Å². The van der Waals surface area contributed by atoms with Gasteiger partial charge in [0, 0.05) is 12.2 Å². The van der Waals surface area contributed by atoms with Gasteiger partial charge in [-0.05, 0) is 40.6 Å². The smallest absolute Gasteiger partial charge is 0.313 e. The van der Waals surface area contributed by atoms with Crippen molar-refractivity contribution in [1.29, 1.82) is 0 Å². The van der Waals surface area contributed by atoms with Crippen LogP contribution in [0.4, 0.5) is 5.69 Å². The molecule has 0 unspecified atom stereocenters. The minimum Gasteiger partial charge on any atom is -0.495 e. The first-order valence-electron chi connectivity index (χ1n) is 6.04. The fraction of sp³-hybridized carbons (Fsp3) is 0.143. The van der Waals surface area contributed by atoms with E-state index in [1.807, 2.05) is 16.8 Å². The molecule has 1 aromatic heterocycles. The van der Waals surface area contributed by atoms with E-state index >= 15 is 0 Å². The van der Waals surface area contributed by atoms with Crippen LogP contribution < -0.4 is 15.4 Å². The van der Waals surface area contributed by atoms with Gasteiger partial charge in [0.2, 0.25) is 0 Å². The highest BCUT2D eigenvalue weighted by Gasteiger charge is 2.14. The second-order valence-electron chi connectivity index (χ2n) is 4.12. The second-order valence-corrected chi connectivity index (χ2v) is 5.30. The molecule has 7 heteroatoms. The Kier molecular flexibility index (Phi) is 5.19. The van der Waals surface area contributed by atoms with E-state index in [4.69, 9.17) is 16.3 Å². The van der Waals surface area contributed by atoms with E-state index in [0.717, 1.165) is 5.56 Å². The third-order valence-corrected chi connectivity index (χ3v) is 3.68. The Bertz CT molecular complexity index is 644. The number of halogens is 1. The highest BCUT2D eigenvalue weighted by atomic mass is 35.5. The summed E-state index contributed by atoms with van der Waals surface area (Å²) in [4.78, 5) is 23.4. The van der Waals surface area contributed by atoms with Crippen LogP contribution in [-0.2, 0) is 16.1 Å². The number of carbonyl (C=O) groups is 2. The molecule has 2 N–H and O–H groups in total. The molecule has 0 aliphatic carbocycles. The molecule has 21 heavy (non-hydrogen) atoms. The first-order chi connectivity index (χ1) is 10.1. The van der Waals surface area contributed by atoms with Gasteiger partial charge in [0.1, 0.15) is 5.75 Å². The summed E-state index contributed by atoms with van der Waals surface area (Å²) in [5.74, 6) is -0.948. The highest BCUT2D eigenvalue weighted by molar-refractivity contribution is 7.07. The summed E-state index contributed by atoms with van der Waals surface area (Å²) in [6.07, 6.45) is 0. The Labute approximate surface area is 130 Å². The molecule has 110 valence electrons. The summed E-state index contributed by atoms with van der Waals surface area (Å²) in [7, 11) is 1.50. The van der Waals surface area contributed by atoms with Crippen molar-refractivity contribution in [3.63, 3.8) is 0 Å². The molecule has 2 rings (SSSR count). The lowest BCUT2D eigenvalue weighted by molar-refractivity contribution is -0.136. The van der Waals surface area contributed by atoms with E-state index in [2.05, 4.69) is 10.6 Å². The van der Waals surface area contributed by atoms with Crippen LogP contribution in [0, 0.1) is 0 Å². The van der Waals surface area contributed by atoms with Crippen LogP contribution in [0.15, 0.2) is 35.0 Å². The summed E-state index contributed by atoms with van der Waals surface area (Å²) in [6, 6.07) is 6.62. The van der Waals surface area contributed by atoms with Gasteiger partial charge >= 0.3 is 11.8 Å². The van der Waals surface area contributed by atoms with Crippen molar-refractivity contribution in [3.8, 4) is 5.75 Å². The van der Waals surface area contributed by atoms with Gasteiger partial charge in [-0.2, -0.15) is 11.3 Å². The maximum Gasteiger partial charge on any atom is 0.313 e. The number of nitrogens with one attached hydrogen (secondary N) is 2. The van der Waals surface area contributed by atoms with Gasteiger partial charge in [-0.1, -0.05) is 11.6 Å². The number of rotatable bonds is 4. The Balaban J connectivity index is 1.91. The van der Waals surface area contributed by atoms with Crippen LogP contribution in [0.3, 0.4) is 0 Å². The van der Waals surface area contributed by atoms with Gasteiger partial charge in [-0.15, -0.1) is 0 Å². The van der Waals surface area contributed by atoms with Crippen molar-refractivity contribution in [1.82, 2.24) is 5.32 Å². The van der Waals surface area contributed by atoms with Crippen molar-refractivity contribution in [3.05, 3.63) is 45.6 Å². The zero-order valence-corrected chi connectivity index (χ0v) is 12.8. The number of amides is 2. The number of thiophene rings is 1. The molecule has 1 heterocycles. The predicted octanol–water partition coefficient (Wildman–Crippen LogP) is 2.67. The van der Waals surface area contributed by atoms with E-state index in [1.165, 1.54) is 24.5 Å². The van der Waals surface area contributed by atoms with E-state index in [1.54, 1.807) is 12.1 Å². The SMILES string of the molecule is COc1ccc(NC(=O)C(=O)NCc2ccsc2)cc1Cl. The zero-order valence-electron chi connectivity index (χ0n) is 11.2. The zero-order chi connectivity index (χ0) is 15.2. The summed E-state index contributed by atoms with van der Waals surface area (Å²) in [5, 5.41) is 9.18. The van der Waals surface area contributed by atoms with Crippen molar-refractivity contribution in [2.75, 3.05) is 12.4 Å². The van der Waals surface area contributed by atoms with E-state index in [9.17, 15) is 9.59 Å². The number of carbonyl (C=O) groups excluding carboxylic acids is 2. The molecule has 0 spiro atoms. The summed E-state index contributed by atoms with van der Waals surface area (Å²) in [5.41, 5.74) is 1.38. The molecule has 0 saturated carbocycles. The van der Waals surface area contributed by atoms with Crippen LogP contribution in [0.1, 0.15) is 5.56 Å². The molecule has 2 amide bonds. The molecule has 0 fully saturated rings. The average molecular weight is 325 g/mol. The second kappa shape index (κ2) is 7.10. The van der Waals surface area contributed by atoms with Gasteiger partial charge in [0.25, 0.3) is 0 Å².